The molecule has 0 unspecified atom stereocenters. The molecule has 13 heteroatoms. The zero-order valence-electron chi connectivity index (χ0n) is 28.7. The van der Waals surface area contributed by atoms with Crippen LogP contribution in [0.2, 0.25) is 5.02 Å². The second-order valence-electron chi connectivity index (χ2n) is 13.7. The molecule has 3 aliphatic rings. The summed E-state index contributed by atoms with van der Waals surface area (Å²) >= 11 is 7.09. The number of carbonyl (C=O) groups excluding carboxylic acids is 3. The number of nitrogens with one attached hydrogen (secondary N) is 2. The van der Waals surface area contributed by atoms with Crippen molar-refractivity contribution in [3.63, 3.8) is 0 Å². The van der Waals surface area contributed by atoms with Gasteiger partial charge >= 0.3 is 0 Å². The van der Waals surface area contributed by atoms with Gasteiger partial charge in [-0.15, -0.1) is 11.3 Å². The number of rotatable bonds is 6. The van der Waals surface area contributed by atoms with Crippen LogP contribution in [0.25, 0.3) is 10.4 Å². The molecule has 9 nitrogen and oxygen atoms in total. The summed E-state index contributed by atoms with van der Waals surface area (Å²) in [6.07, 6.45) is 3.95. The quantitative estimate of drug-likeness (QED) is 0.181. The lowest BCUT2D eigenvalue weighted by molar-refractivity contribution is -0.000511. The molecule has 5 aromatic rings. The molecule has 2 N–H and O–H groups in total. The highest BCUT2D eigenvalue weighted by molar-refractivity contribution is 7.19. The first-order valence-electron chi connectivity index (χ1n) is 17.3. The highest BCUT2D eigenvalue weighted by Gasteiger charge is 2.45. The lowest BCUT2D eigenvalue weighted by Crippen LogP contribution is -2.59. The molecule has 0 bridgehead atoms. The van der Waals surface area contributed by atoms with Gasteiger partial charge in [0.05, 0.1) is 21.8 Å². The minimum Gasteiger partial charge on any atom is -0.381 e. The molecule has 2 saturated heterocycles. The van der Waals surface area contributed by atoms with Crippen LogP contribution in [-0.2, 0) is 11.2 Å². The molecule has 0 radical (unpaired) electrons. The lowest BCUT2D eigenvalue weighted by Gasteiger charge is -2.53. The first-order chi connectivity index (χ1) is 25.6. The molecule has 0 aliphatic carbocycles. The van der Waals surface area contributed by atoms with Crippen LogP contribution >= 0.6 is 22.9 Å². The fourth-order valence-corrected chi connectivity index (χ4v) is 8.78. The fraction of sp³-hybridized carbons (Fsp3) is 0.250. The van der Waals surface area contributed by atoms with E-state index in [2.05, 4.69) is 20.5 Å². The monoisotopic (exact) mass is 753 g/mol. The number of para-hydroxylation sites is 1. The van der Waals surface area contributed by atoms with E-state index in [1.807, 2.05) is 13.0 Å². The number of benzene rings is 3. The molecule has 3 aromatic carbocycles. The molecule has 2 aromatic heterocycles. The van der Waals surface area contributed by atoms with Crippen LogP contribution in [0.5, 0.6) is 0 Å². The smallest absolute Gasteiger partial charge is 0.260 e. The van der Waals surface area contributed by atoms with Crippen molar-refractivity contribution < 1.29 is 27.9 Å². The Balaban J connectivity index is 0.988. The van der Waals surface area contributed by atoms with Crippen molar-refractivity contribution in [2.75, 3.05) is 53.3 Å². The minimum absolute atomic E-state index is 0.0618. The van der Waals surface area contributed by atoms with Gasteiger partial charge in [-0.05, 0) is 80.3 Å². The second-order valence-corrected chi connectivity index (χ2v) is 15.1. The molecule has 3 aliphatic heterocycles. The number of ether oxygens (including phenoxy) is 1. The zero-order valence-corrected chi connectivity index (χ0v) is 30.3. The van der Waals surface area contributed by atoms with Crippen molar-refractivity contribution in [3.05, 3.63) is 123 Å². The van der Waals surface area contributed by atoms with E-state index in [1.165, 1.54) is 12.1 Å². The number of hydrogen-bond acceptors (Lipinski definition) is 7. The van der Waals surface area contributed by atoms with Gasteiger partial charge in [0.25, 0.3) is 17.7 Å². The molecule has 2 fully saturated rings. The van der Waals surface area contributed by atoms with Crippen molar-refractivity contribution in [1.82, 2.24) is 4.98 Å². The summed E-state index contributed by atoms with van der Waals surface area (Å²) in [6.45, 7) is 5.26. The molecule has 5 heterocycles. The number of pyridine rings is 1. The number of hydrogen-bond donors (Lipinski definition) is 2. The number of carbonyl (C=O) groups is 3. The van der Waals surface area contributed by atoms with E-state index in [0.717, 1.165) is 62.1 Å². The SMILES string of the molecule is Cc1cnc(N2CC3(CCOCC3)C2)c(C(=O)Nc2ccc(C(=O)N3CCc4c(sc(NC(=O)c5c(F)cccc5Cl)c4F)-c4ccccc43)cc2)c1. The van der Waals surface area contributed by atoms with Crippen molar-refractivity contribution in [3.8, 4) is 10.4 Å². The first kappa shape index (κ1) is 34.9. The third kappa shape index (κ3) is 6.55. The van der Waals surface area contributed by atoms with Crippen LogP contribution in [0.15, 0.2) is 79.0 Å². The van der Waals surface area contributed by atoms with Gasteiger partial charge in [-0.25, -0.2) is 13.8 Å². The van der Waals surface area contributed by atoms with E-state index < -0.39 is 17.5 Å². The van der Waals surface area contributed by atoms with E-state index in [0.29, 0.717) is 44.3 Å². The summed E-state index contributed by atoms with van der Waals surface area (Å²) in [4.78, 5) is 49.5. The first-order valence-corrected chi connectivity index (χ1v) is 18.5. The Morgan fingerprint density at radius 2 is 1.70 bits per heavy atom. The Bertz CT molecular complexity index is 2250. The highest BCUT2D eigenvalue weighted by atomic mass is 35.5. The highest BCUT2D eigenvalue weighted by Crippen LogP contribution is 2.46. The largest absolute Gasteiger partial charge is 0.381 e. The molecule has 8 rings (SSSR count). The second kappa shape index (κ2) is 14.0. The van der Waals surface area contributed by atoms with Crippen molar-refractivity contribution in [2.45, 2.75) is 26.2 Å². The average Bonchev–Trinajstić information content (AvgIpc) is 3.34. The Hall–Kier alpha value is -5.17. The van der Waals surface area contributed by atoms with Gasteiger partial charge in [0.2, 0.25) is 0 Å². The van der Waals surface area contributed by atoms with Gasteiger partial charge in [0.15, 0.2) is 5.82 Å². The number of halogens is 3. The fourth-order valence-electron chi connectivity index (χ4n) is 7.37. The maximum Gasteiger partial charge on any atom is 0.260 e. The number of anilines is 4. The van der Waals surface area contributed by atoms with Crippen LogP contribution in [-0.4, -0.2) is 55.6 Å². The van der Waals surface area contributed by atoms with Gasteiger partial charge < -0.3 is 25.2 Å². The summed E-state index contributed by atoms with van der Waals surface area (Å²) in [7, 11) is 0. The standard InChI is InChI=1S/C40H34ClF2N5O4S/c1-23-19-28(35(44-20-23)47-21-40(22-47)14-17-52-18-15-40)36(49)45-25-11-9-24(10-12-25)39(51)48-16-13-27-33(43)38(53-34(27)26-5-2-3-8-31(26)48)46-37(50)32-29(41)6-4-7-30(32)42/h2-12,19-20H,13-18,21-22H2,1H3,(H,45,49)(H,46,50). The maximum absolute atomic E-state index is 15.9. The molecular weight excluding hydrogens is 720 g/mol. The summed E-state index contributed by atoms with van der Waals surface area (Å²) in [6, 6.07) is 19.6. The van der Waals surface area contributed by atoms with Gasteiger partial charge in [-0.2, -0.15) is 0 Å². The molecule has 1 spiro atoms. The van der Waals surface area contributed by atoms with Gasteiger partial charge in [0, 0.05) is 71.7 Å². The van der Waals surface area contributed by atoms with Gasteiger partial charge in [-0.3, -0.25) is 14.4 Å². The van der Waals surface area contributed by atoms with Gasteiger partial charge in [0.1, 0.15) is 16.6 Å². The van der Waals surface area contributed by atoms with E-state index in [1.54, 1.807) is 59.6 Å². The Morgan fingerprint density at radius 1 is 0.943 bits per heavy atom. The number of aromatic nitrogens is 1. The summed E-state index contributed by atoms with van der Waals surface area (Å²) in [5, 5.41) is 5.32. The van der Waals surface area contributed by atoms with Crippen LogP contribution in [0, 0.1) is 24.0 Å². The van der Waals surface area contributed by atoms with Crippen LogP contribution < -0.4 is 20.4 Å². The number of aryl methyl sites for hydroxylation is 1. The molecule has 53 heavy (non-hydrogen) atoms. The van der Waals surface area contributed by atoms with E-state index in [-0.39, 0.29) is 45.8 Å². The Kier molecular flexibility index (Phi) is 9.21. The molecular formula is C40H34ClF2N5O4S. The van der Waals surface area contributed by atoms with Crippen molar-refractivity contribution in [2.24, 2.45) is 5.41 Å². The number of fused-ring (bicyclic) bond motifs is 3. The normalized spacial score (nSPS) is 15.9. The lowest BCUT2D eigenvalue weighted by atomic mass is 9.73. The third-order valence-electron chi connectivity index (χ3n) is 10.2. The average molecular weight is 754 g/mol. The topological polar surface area (TPSA) is 104 Å². The third-order valence-corrected chi connectivity index (χ3v) is 11.6. The van der Waals surface area contributed by atoms with Crippen LogP contribution in [0.1, 0.15) is 55.0 Å². The molecule has 3 amide bonds. The van der Waals surface area contributed by atoms with Gasteiger partial charge in [-0.1, -0.05) is 35.9 Å². The zero-order chi connectivity index (χ0) is 36.9. The van der Waals surface area contributed by atoms with Crippen LogP contribution in [0.3, 0.4) is 0 Å². The minimum atomic E-state index is -0.858. The van der Waals surface area contributed by atoms with Crippen molar-refractivity contribution in [1.29, 1.82) is 0 Å². The van der Waals surface area contributed by atoms with Crippen molar-refractivity contribution >= 4 is 62.9 Å². The van der Waals surface area contributed by atoms with E-state index in [4.69, 9.17) is 16.3 Å². The van der Waals surface area contributed by atoms with E-state index in [9.17, 15) is 18.8 Å². The molecule has 0 atom stereocenters. The number of amides is 3. The Labute approximate surface area is 313 Å². The molecule has 0 saturated carbocycles. The predicted molar refractivity (Wildman–Crippen MR) is 203 cm³/mol. The molecule has 270 valence electrons. The summed E-state index contributed by atoms with van der Waals surface area (Å²) in [5.41, 5.74) is 3.68. The van der Waals surface area contributed by atoms with Crippen LogP contribution in [0.4, 0.5) is 31.0 Å². The van der Waals surface area contributed by atoms with E-state index >= 15 is 4.39 Å². The summed E-state index contributed by atoms with van der Waals surface area (Å²) in [5.74, 6) is -2.23. The number of thiophene rings is 1. The number of nitrogens with zero attached hydrogens (tertiary/aromatic N) is 3. The maximum atomic E-state index is 15.9. The Morgan fingerprint density at radius 3 is 2.45 bits per heavy atom. The summed E-state index contributed by atoms with van der Waals surface area (Å²) < 4.78 is 35.9. The predicted octanol–water partition coefficient (Wildman–Crippen LogP) is 8.37.